The predicted octanol–water partition coefficient (Wildman–Crippen LogP) is 2.81. The van der Waals surface area contributed by atoms with Crippen LogP contribution in [0.25, 0.3) is 0 Å². The molecule has 1 N–H and O–H groups in total. The van der Waals surface area contributed by atoms with Crippen LogP contribution in [0.3, 0.4) is 0 Å². The normalized spacial score (nSPS) is 13.8. The lowest BCUT2D eigenvalue weighted by atomic mass is 10.1. The Balaban J connectivity index is 1.59. The van der Waals surface area contributed by atoms with Crippen LogP contribution in [0.5, 0.6) is 0 Å². The molecule has 7 heteroatoms. The molecule has 128 valence electrons. The second kappa shape index (κ2) is 6.37. The molecule has 25 heavy (non-hydrogen) atoms. The van der Waals surface area contributed by atoms with Crippen LogP contribution < -0.4 is 0 Å². The Labute approximate surface area is 150 Å². The van der Waals surface area contributed by atoms with E-state index in [0.717, 1.165) is 23.2 Å². The summed E-state index contributed by atoms with van der Waals surface area (Å²) in [5.41, 5.74) is 4.40. The lowest BCUT2D eigenvalue weighted by Gasteiger charge is -2.26. The number of hydrogen-bond acceptors (Lipinski definition) is 3. The number of carbonyl (C=O) groups is 1. The van der Waals surface area contributed by atoms with E-state index in [1.165, 1.54) is 0 Å². The van der Waals surface area contributed by atoms with Gasteiger partial charge in [0.1, 0.15) is 5.15 Å². The molecule has 0 saturated carbocycles. The average Bonchev–Trinajstić information content (AvgIpc) is 3.19. The van der Waals surface area contributed by atoms with Crippen LogP contribution in [-0.2, 0) is 19.5 Å². The molecule has 0 unspecified atom stereocenters. The molecule has 3 aromatic rings. The van der Waals surface area contributed by atoms with Crippen molar-refractivity contribution in [2.75, 3.05) is 6.54 Å². The Bertz CT molecular complexity index is 915. The van der Waals surface area contributed by atoms with Crippen molar-refractivity contribution < 1.29 is 4.79 Å². The molecule has 1 aliphatic rings. The van der Waals surface area contributed by atoms with Gasteiger partial charge >= 0.3 is 0 Å². The lowest BCUT2D eigenvalue weighted by Crippen LogP contribution is -2.36. The number of H-pyrrole nitrogens is 1. The average molecular weight is 356 g/mol. The monoisotopic (exact) mass is 355 g/mol. The maximum atomic E-state index is 13.0. The van der Waals surface area contributed by atoms with Crippen LogP contribution in [0.1, 0.15) is 32.9 Å². The third-order valence-electron chi connectivity index (χ3n) is 4.54. The molecule has 1 aliphatic heterocycles. The fourth-order valence-electron chi connectivity index (χ4n) is 3.21. The molecule has 0 atom stereocenters. The van der Waals surface area contributed by atoms with Crippen molar-refractivity contribution in [2.24, 2.45) is 0 Å². The highest BCUT2D eigenvalue weighted by molar-refractivity contribution is 6.33. The molecule has 0 radical (unpaired) electrons. The van der Waals surface area contributed by atoms with E-state index in [0.29, 0.717) is 36.0 Å². The summed E-state index contributed by atoms with van der Waals surface area (Å²) in [6, 6.07) is 9.94. The SMILES string of the molecule is Cc1nn(Cc2ccccc2)c(Cl)c1C(=O)N1CCc2[nH]ncc2C1. The van der Waals surface area contributed by atoms with Gasteiger partial charge in [0.15, 0.2) is 0 Å². The molecule has 4 rings (SSSR count). The maximum absolute atomic E-state index is 13.0. The summed E-state index contributed by atoms with van der Waals surface area (Å²) in [6.07, 6.45) is 2.55. The van der Waals surface area contributed by atoms with Crippen molar-refractivity contribution in [1.29, 1.82) is 0 Å². The smallest absolute Gasteiger partial charge is 0.259 e. The van der Waals surface area contributed by atoms with Gasteiger partial charge in [-0.05, 0) is 12.5 Å². The standard InChI is InChI=1S/C18H18ClN5O/c1-12-16(17(19)24(22-12)10-13-5-3-2-4-6-13)18(25)23-8-7-15-14(11-23)9-20-21-15/h2-6,9H,7-8,10-11H2,1H3,(H,20,21). The van der Waals surface area contributed by atoms with E-state index < -0.39 is 0 Å². The largest absolute Gasteiger partial charge is 0.334 e. The number of carbonyl (C=O) groups excluding carboxylic acids is 1. The fraction of sp³-hybridized carbons (Fsp3) is 0.278. The first kappa shape index (κ1) is 15.9. The van der Waals surface area contributed by atoms with E-state index in [4.69, 9.17) is 11.6 Å². The van der Waals surface area contributed by atoms with Crippen LogP contribution in [0.4, 0.5) is 0 Å². The quantitative estimate of drug-likeness (QED) is 0.785. The molecule has 2 aromatic heterocycles. The second-order valence-electron chi connectivity index (χ2n) is 6.24. The Morgan fingerprint density at radius 3 is 2.92 bits per heavy atom. The summed E-state index contributed by atoms with van der Waals surface area (Å²) in [4.78, 5) is 14.8. The number of aryl methyl sites for hydroxylation is 1. The van der Waals surface area contributed by atoms with Gasteiger partial charge in [-0.1, -0.05) is 41.9 Å². The van der Waals surface area contributed by atoms with Crippen molar-refractivity contribution >= 4 is 17.5 Å². The molecule has 1 aromatic carbocycles. The maximum Gasteiger partial charge on any atom is 0.259 e. The first-order valence-electron chi connectivity index (χ1n) is 8.20. The van der Waals surface area contributed by atoms with E-state index in [1.54, 1.807) is 15.8 Å². The third kappa shape index (κ3) is 2.93. The van der Waals surface area contributed by atoms with Gasteiger partial charge in [-0.2, -0.15) is 10.2 Å². The summed E-state index contributed by atoms with van der Waals surface area (Å²) in [7, 11) is 0. The molecule has 1 amide bonds. The van der Waals surface area contributed by atoms with Crippen LogP contribution in [0.2, 0.25) is 5.15 Å². The minimum Gasteiger partial charge on any atom is -0.334 e. The first-order chi connectivity index (χ1) is 12.1. The summed E-state index contributed by atoms with van der Waals surface area (Å²) in [5.74, 6) is -0.0753. The van der Waals surface area contributed by atoms with Crippen molar-refractivity contribution in [1.82, 2.24) is 24.9 Å². The van der Waals surface area contributed by atoms with Gasteiger partial charge in [-0.3, -0.25) is 9.89 Å². The lowest BCUT2D eigenvalue weighted by molar-refractivity contribution is 0.0733. The van der Waals surface area contributed by atoms with Crippen LogP contribution in [0, 0.1) is 6.92 Å². The van der Waals surface area contributed by atoms with Gasteiger partial charge in [0, 0.05) is 30.8 Å². The summed E-state index contributed by atoms with van der Waals surface area (Å²) < 4.78 is 1.69. The minimum atomic E-state index is -0.0753. The molecule has 0 aliphatic carbocycles. The van der Waals surface area contributed by atoms with Crippen LogP contribution >= 0.6 is 11.6 Å². The number of hydrogen-bond donors (Lipinski definition) is 1. The third-order valence-corrected chi connectivity index (χ3v) is 4.93. The second-order valence-corrected chi connectivity index (χ2v) is 6.60. The number of amides is 1. The molecule has 0 fully saturated rings. The number of benzene rings is 1. The van der Waals surface area contributed by atoms with Gasteiger partial charge in [-0.25, -0.2) is 4.68 Å². The molecule has 3 heterocycles. The number of aromatic nitrogens is 4. The van der Waals surface area contributed by atoms with Crippen molar-refractivity contribution in [3.8, 4) is 0 Å². The molecular weight excluding hydrogens is 338 g/mol. The highest BCUT2D eigenvalue weighted by Gasteiger charge is 2.28. The highest BCUT2D eigenvalue weighted by Crippen LogP contribution is 2.25. The first-order valence-corrected chi connectivity index (χ1v) is 8.58. The van der Waals surface area contributed by atoms with E-state index in [1.807, 2.05) is 37.3 Å². The summed E-state index contributed by atoms with van der Waals surface area (Å²) >= 11 is 6.51. The predicted molar refractivity (Wildman–Crippen MR) is 94.6 cm³/mol. The Kier molecular flexibility index (Phi) is 4.05. The molecule has 0 bridgehead atoms. The van der Waals surface area contributed by atoms with E-state index in [9.17, 15) is 4.79 Å². The number of nitrogens with one attached hydrogen (secondary N) is 1. The van der Waals surface area contributed by atoms with Crippen molar-refractivity contribution in [2.45, 2.75) is 26.4 Å². The summed E-state index contributed by atoms with van der Waals surface area (Å²) in [6.45, 7) is 3.56. The van der Waals surface area contributed by atoms with Gasteiger partial charge in [-0.15, -0.1) is 0 Å². The van der Waals surface area contributed by atoms with E-state index in [-0.39, 0.29) is 5.91 Å². The van der Waals surface area contributed by atoms with Crippen LogP contribution in [-0.4, -0.2) is 37.3 Å². The number of halogens is 1. The summed E-state index contributed by atoms with van der Waals surface area (Å²) in [5, 5.41) is 11.9. The van der Waals surface area contributed by atoms with E-state index in [2.05, 4.69) is 15.3 Å². The van der Waals surface area contributed by atoms with Crippen molar-refractivity contribution in [3.63, 3.8) is 0 Å². The topological polar surface area (TPSA) is 66.8 Å². The number of nitrogens with zero attached hydrogens (tertiary/aromatic N) is 4. The number of aromatic amines is 1. The number of fused-ring (bicyclic) bond motifs is 1. The van der Waals surface area contributed by atoms with Crippen LogP contribution in [0.15, 0.2) is 36.5 Å². The van der Waals surface area contributed by atoms with Gasteiger partial charge in [0.05, 0.1) is 24.0 Å². The zero-order valence-corrected chi connectivity index (χ0v) is 14.6. The molecule has 0 saturated heterocycles. The molecule has 0 spiro atoms. The zero-order chi connectivity index (χ0) is 17.4. The molecule has 6 nitrogen and oxygen atoms in total. The Morgan fingerprint density at radius 2 is 2.12 bits per heavy atom. The van der Waals surface area contributed by atoms with Gasteiger partial charge in [0.2, 0.25) is 0 Å². The Hall–Kier alpha value is -2.60. The Morgan fingerprint density at radius 1 is 1.32 bits per heavy atom. The molecular formula is C18H18ClN5O. The van der Waals surface area contributed by atoms with Crippen molar-refractivity contribution in [3.05, 3.63) is 69.8 Å². The number of rotatable bonds is 3. The fourth-order valence-corrected chi connectivity index (χ4v) is 3.53. The van der Waals surface area contributed by atoms with Gasteiger partial charge in [0.25, 0.3) is 5.91 Å². The highest BCUT2D eigenvalue weighted by atomic mass is 35.5. The zero-order valence-electron chi connectivity index (χ0n) is 13.9. The minimum absolute atomic E-state index is 0.0753. The van der Waals surface area contributed by atoms with Gasteiger partial charge < -0.3 is 4.90 Å². The van der Waals surface area contributed by atoms with E-state index >= 15 is 0 Å².